The number of rotatable bonds is 8. The summed E-state index contributed by atoms with van der Waals surface area (Å²) in [5, 5.41) is 2.88. The molecule has 0 spiro atoms. The quantitative estimate of drug-likeness (QED) is 0.551. The maximum Gasteiger partial charge on any atom is 0.251 e. The Morgan fingerprint density at radius 1 is 1.15 bits per heavy atom. The number of hydrogen-bond donors (Lipinski definition) is 1. The van der Waals surface area contributed by atoms with Gasteiger partial charge in [-0.2, -0.15) is 0 Å². The normalized spacial score (nSPS) is 11.0. The largest absolute Gasteiger partial charge is 0.496 e. The second-order valence-corrected chi connectivity index (χ2v) is 7.40. The number of allylic oxidation sites excluding steroid dienone is 1. The van der Waals surface area contributed by atoms with Crippen molar-refractivity contribution in [2.24, 2.45) is 0 Å². The minimum absolute atomic E-state index is 0.120. The predicted molar refractivity (Wildman–Crippen MR) is 110 cm³/mol. The zero-order chi connectivity index (χ0) is 19.9. The molecule has 0 aliphatic rings. The molecular weight excluding hydrogens is 338 g/mol. The van der Waals surface area contributed by atoms with Gasteiger partial charge < -0.3 is 14.8 Å². The standard InChI is InChI=1S/C23H29NO3/c1-6-7-17-16-18(8-13-21(17)26-5)22(25)24-14-15-27-20-11-9-19(10-12-20)23(2,3)4/h6,8-13,16H,1,7,14-15H2,2-5H3,(H,24,25). The van der Waals surface area contributed by atoms with Crippen molar-refractivity contribution < 1.29 is 14.3 Å². The van der Waals surface area contributed by atoms with Gasteiger partial charge in [-0.3, -0.25) is 4.79 Å². The lowest BCUT2D eigenvalue weighted by atomic mass is 9.87. The van der Waals surface area contributed by atoms with Crippen molar-refractivity contribution in [3.8, 4) is 11.5 Å². The van der Waals surface area contributed by atoms with Crippen molar-refractivity contribution in [3.63, 3.8) is 0 Å². The van der Waals surface area contributed by atoms with Crippen LogP contribution in [0.25, 0.3) is 0 Å². The van der Waals surface area contributed by atoms with Gasteiger partial charge in [0.15, 0.2) is 0 Å². The van der Waals surface area contributed by atoms with Crippen molar-refractivity contribution in [1.82, 2.24) is 5.32 Å². The molecule has 0 aromatic heterocycles. The minimum Gasteiger partial charge on any atom is -0.496 e. The number of nitrogens with one attached hydrogen (secondary N) is 1. The molecular formula is C23H29NO3. The zero-order valence-corrected chi connectivity index (χ0v) is 16.7. The molecule has 0 unspecified atom stereocenters. The molecule has 0 heterocycles. The molecule has 0 atom stereocenters. The highest BCUT2D eigenvalue weighted by Gasteiger charge is 2.13. The summed E-state index contributed by atoms with van der Waals surface area (Å²) in [5.74, 6) is 1.43. The van der Waals surface area contributed by atoms with Gasteiger partial charge in [0.2, 0.25) is 0 Å². The monoisotopic (exact) mass is 367 g/mol. The van der Waals surface area contributed by atoms with Crippen LogP contribution < -0.4 is 14.8 Å². The third-order valence-electron chi connectivity index (χ3n) is 4.28. The van der Waals surface area contributed by atoms with Gasteiger partial charge in [-0.05, 0) is 53.3 Å². The highest BCUT2D eigenvalue weighted by Crippen LogP contribution is 2.24. The zero-order valence-electron chi connectivity index (χ0n) is 16.7. The smallest absolute Gasteiger partial charge is 0.251 e. The summed E-state index contributed by atoms with van der Waals surface area (Å²) in [6.45, 7) is 11.1. The van der Waals surface area contributed by atoms with E-state index in [2.05, 4.69) is 44.8 Å². The van der Waals surface area contributed by atoms with E-state index in [4.69, 9.17) is 9.47 Å². The van der Waals surface area contributed by atoms with Gasteiger partial charge in [-0.25, -0.2) is 0 Å². The van der Waals surface area contributed by atoms with E-state index >= 15 is 0 Å². The van der Waals surface area contributed by atoms with Crippen molar-refractivity contribution in [1.29, 1.82) is 0 Å². The number of carbonyl (C=O) groups excluding carboxylic acids is 1. The van der Waals surface area contributed by atoms with Crippen LogP contribution in [0.3, 0.4) is 0 Å². The lowest BCUT2D eigenvalue weighted by Gasteiger charge is -2.19. The third kappa shape index (κ3) is 5.88. The fraction of sp³-hybridized carbons (Fsp3) is 0.348. The fourth-order valence-corrected chi connectivity index (χ4v) is 2.72. The predicted octanol–water partition coefficient (Wildman–Crippen LogP) is 4.53. The van der Waals surface area contributed by atoms with Crippen LogP contribution in [0.4, 0.5) is 0 Å². The molecule has 1 N–H and O–H groups in total. The SMILES string of the molecule is C=CCc1cc(C(=O)NCCOc2ccc(C(C)(C)C)cc2)ccc1OC. The summed E-state index contributed by atoms with van der Waals surface area (Å²) in [4.78, 5) is 12.3. The van der Waals surface area contributed by atoms with E-state index in [9.17, 15) is 4.79 Å². The van der Waals surface area contributed by atoms with Crippen molar-refractivity contribution in [2.45, 2.75) is 32.6 Å². The number of ether oxygens (including phenoxy) is 2. The van der Waals surface area contributed by atoms with Gasteiger partial charge in [0.1, 0.15) is 18.1 Å². The van der Waals surface area contributed by atoms with Gasteiger partial charge in [0, 0.05) is 5.56 Å². The molecule has 0 radical (unpaired) electrons. The number of hydrogen-bond acceptors (Lipinski definition) is 3. The lowest BCUT2D eigenvalue weighted by Crippen LogP contribution is -2.28. The molecule has 27 heavy (non-hydrogen) atoms. The second-order valence-electron chi connectivity index (χ2n) is 7.40. The van der Waals surface area contributed by atoms with E-state index in [0.717, 1.165) is 17.1 Å². The molecule has 0 bridgehead atoms. The van der Waals surface area contributed by atoms with Crippen LogP contribution in [-0.4, -0.2) is 26.2 Å². The molecule has 1 amide bonds. The Morgan fingerprint density at radius 2 is 1.85 bits per heavy atom. The lowest BCUT2D eigenvalue weighted by molar-refractivity contribution is 0.0947. The first-order valence-electron chi connectivity index (χ1n) is 9.14. The van der Waals surface area contributed by atoms with Gasteiger partial charge in [-0.1, -0.05) is 39.0 Å². The first-order chi connectivity index (χ1) is 12.8. The molecule has 0 aliphatic carbocycles. The average Bonchev–Trinajstić information content (AvgIpc) is 2.65. The molecule has 144 valence electrons. The molecule has 0 aliphatic heterocycles. The van der Waals surface area contributed by atoms with Crippen LogP contribution in [0, 0.1) is 0 Å². The molecule has 2 aromatic rings. The Hall–Kier alpha value is -2.75. The Bertz CT molecular complexity index is 773. The van der Waals surface area contributed by atoms with Crippen LogP contribution in [0.5, 0.6) is 11.5 Å². The molecule has 4 nitrogen and oxygen atoms in total. The summed E-state index contributed by atoms with van der Waals surface area (Å²) in [5.41, 5.74) is 2.92. The van der Waals surface area contributed by atoms with Crippen LogP contribution in [-0.2, 0) is 11.8 Å². The average molecular weight is 367 g/mol. The summed E-state index contributed by atoms with van der Waals surface area (Å²) in [7, 11) is 1.62. The number of amides is 1. The molecule has 0 fully saturated rings. The second kappa shape index (κ2) is 9.26. The van der Waals surface area contributed by atoms with Crippen LogP contribution in [0.2, 0.25) is 0 Å². The van der Waals surface area contributed by atoms with E-state index < -0.39 is 0 Å². The van der Waals surface area contributed by atoms with Crippen LogP contribution in [0.1, 0.15) is 42.3 Å². The van der Waals surface area contributed by atoms with Gasteiger partial charge in [0.25, 0.3) is 5.91 Å². The van der Waals surface area contributed by atoms with Gasteiger partial charge in [0.05, 0.1) is 13.7 Å². The van der Waals surface area contributed by atoms with E-state index in [1.807, 2.05) is 18.2 Å². The molecule has 2 rings (SSSR count). The Morgan fingerprint density at radius 3 is 2.44 bits per heavy atom. The van der Waals surface area contributed by atoms with Gasteiger partial charge >= 0.3 is 0 Å². The van der Waals surface area contributed by atoms with Crippen molar-refractivity contribution >= 4 is 5.91 Å². The Kier molecular flexibility index (Phi) is 7.05. The van der Waals surface area contributed by atoms with E-state index in [0.29, 0.717) is 25.1 Å². The van der Waals surface area contributed by atoms with Crippen molar-refractivity contribution in [3.05, 3.63) is 71.8 Å². The number of methoxy groups -OCH3 is 1. The fourth-order valence-electron chi connectivity index (χ4n) is 2.72. The van der Waals surface area contributed by atoms with Crippen LogP contribution in [0.15, 0.2) is 55.1 Å². The van der Waals surface area contributed by atoms with E-state index in [1.165, 1.54) is 5.56 Å². The maximum atomic E-state index is 12.3. The summed E-state index contributed by atoms with van der Waals surface area (Å²) >= 11 is 0. The summed E-state index contributed by atoms with van der Waals surface area (Å²) in [6.07, 6.45) is 2.44. The van der Waals surface area contributed by atoms with Crippen molar-refractivity contribution in [2.75, 3.05) is 20.3 Å². The topological polar surface area (TPSA) is 47.6 Å². The third-order valence-corrected chi connectivity index (χ3v) is 4.28. The Labute approximate surface area is 162 Å². The van der Waals surface area contributed by atoms with Crippen LogP contribution >= 0.6 is 0 Å². The molecule has 2 aromatic carbocycles. The summed E-state index contributed by atoms with van der Waals surface area (Å²) in [6, 6.07) is 13.5. The highest BCUT2D eigenvalue weighted by atomic mass is 16.5. The number of carbonyl (C=O) groups is 1. The molecule has 0 saturated carbocycles. The molecule has 0 saturated heterocycles. The van der Waals surface area contributed by atoms with Gasteiger partial charge in [-0.15, -0.1) is 6.58 Å². The Balaban J connectivity index is 1.85. The molecule has 4 heteroatoms. The number of benzene rings is 2. The van der Waals surface area contributed by atoms with E-state index in [1.54, 1.807) is 25.3 Å². The first-order valence-corrected chi connectivity index (χ1v) is 9.14. The highest BCUT2D eigenvalue weighted by molar-refractivity contribution is 5.94. The maximum absolute atomic E-state index is 12.3. The first kappa shape index (κ1) is 20.6. The van der Waals surface area contributed by atoms with E-state index in [-0.39, 0.29) is 11.3 Å². The minimum atomic E-state index is -0.130. The summed E-state index contributed by atoms with van der Waals surface area (Å²) < 4.78 is 11.0.